The molecule has 2 aromatic heterocycles. The van der Waals surface area contributed by atoms with Crippen LogP contribution in [0.3, 0.4) is 0 Å². The topological polar surface area (TPSA) is 134 Å². The number of ether oxygens (including phenoxy) is 1. The fraction of sp³-hybridized carbons (Fsp3) is 0.214. The van der Waals surface area contributed by atoms with Crippen LogP contribution in [-0.2, 0) is 15.6 Å². The van der Waals surface area contributed by atoms with Gasteiger partial charge in [0.05, 0.1) is 17.3 Å². The summed E-state index contributed by atoms with van der Waals surface area (Å²) in [7, 11) is -3.85. The molecule has 0 aliphatic rings. The average Bonchev–Trinajstić information content (AvgIpc) is 3.01. The molecule has 0 aliphatic heterocycles. The predicted molar refractivity (Wildman–Crippen MR) is 92.3 cm³/mol. The van der Waals surface area contributed by atoms with Crippen LogP contribution >= 0.6 is 11.3 Å². The summed E-state index contributed by atoms with van der Waals surface area (Å²) in [5.74, 6) is -0.777. The first kappa shape index (κ1) is 17.9. The van der Waals surface area contributed by atoms with Gasteiger partial charge in [-0.3, -0.25) is 14.9 Å². The zero-order valence-corrected chi connectivity index (χ0v) is 15.0. The van der Waals surface area contributed by atoms with Crippen molar-refractivity contribution in [3.8, 4) is 5.88 Å². The smallest absolute Gasteiger partial charge is 0.397 e. The van der Waals surface area contributed by atoms with Crippen LogP contribution in [0.5, 0.6) is 5.88 Å². The van der Waals surface area contributed by atoms with Gasteiger partial charge in [-0.15, -0.1) is 5.10 Å². The lowest BCUT2D eigenvalue weighted by molar-refractivity contribution is -0.387. The highest BCUT2D eigenvalue weighted by molar-refractivity contribution is 7.92. The molecule has 136 valence electrons. The van der Waals surface area contributed by atoms with Crippen LogP contribution in [-0.4, -0.2) is 34.5 Å². The molecular weight excluding hydrogens is 384 g/mol. The minimum atomic E-state index is -3.85. The van der Waals surface area contributed by atoms with Gasteiger partial charge in [0.15, 0.2) is 0 Å². The largest absolute Gasteiger partial charge is 0.473 e. The Balaban J connectivity index is 2.13. The Morgan fingerprint density at radius 1 is 1.31 bits per heavy atom. The van der Waals surface area contributed by atoms with Crippen LogP contribution in [0, 0.1) is 10.1 Å². The number of rotatable bonds is 6. The molecule has 0 unspecified atom stereocenters. The molecule has 3 aromatic rings. The molecule has 26 heavy (non-hydrogen) atoms. The molecule has 0 fully saturated rings. The lowest BCUT2D eigenvalue weighted by Gasteiger charge is -2.01. The number of benzene rings is 1. The van der Waals surface area contributed by atoms with Crippen molar-refractivity contribution in [3.05, 3.63) is 56.4 Å². The fourth-order valence-corrected chi connectivity index (χ4v) is 4.66. The van der Waals surface area contributed by atoms with Crippen LogP contribution < -0.4 is 10.3 Å². The van der Waals surface area contributed by atoms with Crippen LogP contribution in [0.25, 0.3) is 4.96 Å². The Labute approximate surface area is 150 Å². The summed E-state index contributed by atoms with van der Waals surface area (Å²) < 4.78 is 30.4. The third-order valence-electron chi connectivity index (χ3n) is 3.27. The van der Waals surface area contributed by atoms with Gasteiger partial charge in [-0.25, -0.2) is 8.42 Å². The summed E-state index contributed by atoms with van der Waals surface area (Å²) in [4.78, 5) is 26.3. The standard InChI is InChI=1S/C14H12N4O6S2/c1-2-24-11-10(18(20)21)12(19)17-13(15-11)25-14(16-17)26(22,23)8-9-6-4-3-5-7-9/h3-7H,2,8H2,1H3. The second-order valence-electron chi connectivity index (χ2n) is 5.07. The summed E-state index contributed by atoms with van der Waals surface area (Å²) >= 11 is 0.648. The first-order valence-electron chi connectivity index (χ1n) is 7.31. The molecule has 0 radical (unpaired) electrons. The van der Waals surface area contributed by atoms with Crippen LogP contribution in [0.1, 0.15) is 12.5 Å². The molecule has 2 heterocycles. The summed E-state index contributed by atoms with van der Waals surface area (Å²) in [5, 5.41) is 14.9. The molecule has 1 aromatic carbocycles. The van der Waals surface area contributed by atoms with Crippen molar-refractivity contribution in [2.45, 2.75) is 17.0 Å². The molecule has 0 aliphatic carbocycles. The Hall–Kier alpha value is -2.86. The highest BCUT2D eigenvalue weighted by atomic mass is 32.2. The van der Waals surface area contributed by atoms with E-state index in [0.29, 0.717) is 21.4 Å². The quantitative estimate of drug-likeness (QED) is 0.451. The maximum absolute atomic E-state index is 12.6. The first-order chi connectivity index (χ1) is 12.3. The van der Waals surface area contributed by atoms with E-state index in [-0.39, 0.29) is 21.7 Å². The SMILES string of the molecule is CCOc1nc2sc(S(=O)(=O)Cc3ccccc3)nn2c(=O)c1[N+](=O)[O-]. The Kier molecular flexibility index (Phi) is 4.70. The average molecular weight is 396 g/mol. The van der Waals surface area contributed by atoms with Crippen molar-refractivity contribution in [3.63, 3.8) is 0 Å². The lowest BCUT2D eigenvalue weighted by atomic mass is 10.2. The molecule has 0 N–H and O–H groups in total. The number of nitro groups is 1. The minimum Gasteiger partial charge on any atom is -0.473 e. The van der Waals surface area contributed by atoms with E-state index in [9.17, 15) is 23.3 Å². The number of fused-ring (bicyclic) bond motifs is 1. The Morgan fingerprint density at radius 3 is 2.62 bits per heavy atom. The maximum Gasteiger partial charge on any atom is 0.397 e. The second-order valence-corrected chi connectivity index (χ2v) is 8.19. The summed E-state index contributed by atoms with van der Waals surface area (Å²) in [6, 6.07) is 8.45. The predicted octanol–water partition coefficient (Wildman–Crippen LogP) is 1.43. The zero-order valence-electron chi connectivity index (χ0n) is 13.4. The maximum atomic E-state index is 12.6. The normalized spacial score (nSPS) is 11.6. The van der Waals surface area contributed by atoms with Gasteiger partial charge in [-0.2, -0.15) is 9.50 Å². The zero-order chi connectivity index (χ0) is 18.9. The van der Waals surface area contributed by atoms with Crippen molar-refractivity contribution in [1.29, 1.82) is 0 Å². The van der Waals surface area contributed by atoms with E-state index >= 15 is 0 Å². The second kappa shape index (κ2) is 6.80. The monoisotopic (exact) mass is 396 g/mol. The van der Waals surface area contributed by atoms with Crippen molar-refractivity contribution in [2.24, 2.45) is 0 Å². The van der Waals surface area contributed by atoms with Crippen molar-refractivity contribution in [1.82, 2.24) is 14.6 Å². The van der Waals surface area contributed by atoms with Crippen molar-refractivity contribution >= 4 is 31.8 Å². The third-order valence-corrected chi connectivity index (χ3v) is 6.31. The van der Waals surface area contributed by atoms with Gasteiger partial charge in [0.25, 0.3) is 0 Å². The van der Waals surface area contributed by atoms with E-state index in [1.165, 1.54) is 0 Å². The minimum absolute atomic E-state index is 0.0570. The van der Waals surface area contributed by atoms with Crippen LogP contribution in [0.4, 0.5) is 5.69 Å². The van der Waals surface area contributed by atoms with E-state index in [4.69, 9.17) is 4.74 Å². The summed E-state index contributed by atoms with van der Waals surface area (Å²) in [5.41, 5.74) is -1.43. The van der Waals surface area contributed by atoms with E-state index in [1.807, 2.05) is 0 Å². The van der Waals surface area contributed by atoms with Crippen LogP contribution in [0.15, 0.2) is 39.5 Å². The van der Waals surface area contributed by atoms with Gasteiger partial charge in [0.2, 0.25) is 19.1 Å². The highest BCUT2D eigenvalue weighted by Crippen LogP contribution is 2.26. The molecule has 0 atom stereocenters. The fourth-order valence-electron chi connectivity index (χ4n) is 2.17. The Morgan fingerprint density at radius 2 is 2.00 bits per heavy atom. The van der Waals surface area contributed by atoms with E-state index < -0.39 is 31.9 Å². The van der Waals surface area contributed by atoms with Crippen molar-refractivity contribution in [2.75, 3.05) is 6.61 Å². The number of nitrogens with zero attached hydrogens (tertiary/aromatic N) is 4. The van der Waals surface area contributed by atoms with Gasteiger partial charge in [-0.1, -0.05) is 41.7 Å². The summed E-state index contributed by atoms with van der Waals surface area (Å²) in [6.07, 6.45) is 0. The van der Waals surface area contributed by atoms with Gasteiger partial charge in [0, 0.05) is 0 Å². The molecule has 3 rings (SSSR count). The summed E-state index contributed by atoms with van der Waals surface area (Å²) in [6.45, 7) is 1.64. The lowest BCUT2D eigenvalue weighted by Crippen LogP contribution is -2.20. The van der Waals surface area contributed by atoms with E-state index in [2.05, 4.69) is 10.1 Å². The molecular formula is C14H12N4O6S2. The van der Waals surface area contributed by atoms with Gasteiger partial charge in [-0.05, 0) is 12.5 Å². The molecule has 0 spiro atoms. The number of aromatic nitrogens is 3. The van der Waals surface area contributed by atoms with Crippen molar-refractivity contribution < 1.29 is 18.1 Å². The molecule has 0 amide bonds. The molecule has 10 nitrogen and oxygen atoms in total. The molecule has 0 bridgehead atoms. The number of sulfone groups is 1. The molecule has 0 saturated carbocycles. The number of hydrogen-bond donors (Lipinski definition) is 0. The first-order valence-corrected chi connectivity index (χ1v) is 9.78. The molecule has 0 saturated heterocycles. The van der Waals surface area contributed by atoms with E-state index in [1.54, 1.807) is 37.3 Å². The van der Waals surface area contributed by atoms with Crippen LogP contribution in [0.2, 0.25) is 0 Å². The van der Waals surface area contributed by atoms with Gasteiger partial charge in [0.1, 0.15) is 0 Å². The highest BCUT2D eigenvalue weighted by Gasteiger charge is 2.29. The van der Waals surface area contributed by atoms with Gasteiger partial charge >= 0.3 is 17.1 Å². The number of hydrogen-bond acceptors (Lipinski definition) is 9. The van der Waals surface area contributed by atoms with Gasteiger partial charge < -0.3 is 4.74 Å². The molecule has 12 heteroatoms. The Bertz CT molecular complexity index is 1140. The van der Waals surface area contributed by atoms with E-state index in [0.717, 1.165) is 0 Å². The third kappa shape index (κ3) is 3.28.